The molecule has 0 aromatic heterocycles. The monoisotopic (exact) mass is 167 g/mol. The molecular formula is C10H19Si. The summed E-state index contributed by atoms with van der Waals surface area (Å²) in [7, 11) is -1.15. The molecule has 1 radical (unpaired) electrons. The Balaban J connectivity index is 3.87. The van der Waals surface area contributed by atoms with Gasteiger partial charge in [0.05, 0.1) is 0 Å². The van der Waals surface area contributed by atoms with Crippen molar-refractivity contribution in [2.24, 2.45) is 5.92 Å². The van der Waals surface area contributed by atoms with Gasteiger partial charge in [-0.15, -0.1) is 11.5 Å². The highest BCUT2D eigenvalue weighted by Gasteiger charge is 2.07. The molecule has 0 aliphatic heterocycles. The molecule has 0 nitrogen and oxygen atoms in total. The Morgan fingerprint density at radius 1 is 1.36 bits per heavy atom. The molecule has 0 aromatic rings. The molecule has 0 bridgehead atoms. The second-order valence-corrected chi connectivity index (χ2v) is 8.75. The van der Waals surface area contributed by atoms with Crippen LogP contribution in [0.5, 0.6) is 0 Å². The van der Waals surface area contributed by atoms with Crippen molar-refractivity contribution in [2.75, 3.05) is 0 Å². The van der Waals surface area contributed by atoms with Crippen molar-refractivity contribution in [2.45, 2.75) is 39.4 Å². The Kier molecular flexibility index (Phi) is 4.52. The van der Waals surface area contributed by atoms with E-state index in [1.807, 2.05) is 0 Å². The fraction of sp³-hybridized carbons (Fsp3) is 0.700. The van der Waals surface area contributed by atoms with Crippen LogP contribution in [-0.4, -0.2) is 8.07 Å². The summed E-state index contributed by atoms with van der Waals surface area (Å²) in [5, 5.41) is 0. The molecule has 0 rings (SSSR count). The number of hydrogen-bond donors (Lipinski definition) is 0. The molecule has 0 aromatic carbocycles. The molecule has 0 aliphatic carbocycles. The van der Waals surface area contributed by atoms with E-state index >= 15 is 0 Å². The lowest BCUT2D eigenvalue weighted by Crippen LogP contribution is -2.16. The quantitative estimate of drug-likeness (QED) is 0.438. The van der Waals surface area contributed by atoms with Crippen LogP contribution in [0, 0.1) is 24.3 Å². The molecule has 0 aliphatic rings. The van der Waals surface area contributed by atoms with Crippen LogP contribution in [0.25, 0.3) is 0 Å². The zero-order chi connectivity index (χ0) is 8.91. The summed E-state index contributed by atoms with van der Waals surface area (Å²) in [5.74, 6) is 3.58. The van der Waals surface area contributed by atoms with E-state index in [2.05, 4.69) is 45.0 Å². The zero-order valence-electron chi connectivity index (χ0n) is 8.20. The van der Waals surface area contributed by atoms with Crippen molar-refractivity contribution in [3.05, 3.63) is 6.92 Å². The van der Waals surface area contributed by atoms with E-state index in [0.29, 0.717) is 5.92 Å². The molecule has 1 unspecified atom stereocenters. The predicted octanol–water partition coefficient (Wildman–Crippen LogP) is 3.12. The third-order valence-electron chi connectivity index (χ3n) is 1.29. The van der Waals surface area contributed by atoms with Crippen LogP contribution in [0.2, 0.25) is 19.6 Å². The van der Waals surface area contributed by atoms with Gasteiger partial charge >= 0.3 is 0 Å². The standard InChI is InChI=1S/C10H19Si/c1-6-7-10(2)8-9-11(3,4)5/h10H,2,6-7H2,1,3-5H3. The van der Waals surface area contributed by atoms with Gasteiger partial charge in [0.2, 0.25) is 0 Å². The highest BCUT2D eigenvalue weighted by atomic mass is 28.3. The number of rotatable bonds is 2. The van der Waals surface area contributed by atoms with Crippen LogP contribution in [0.3, 0.4) is 0 Å². The number of hydrogen-bond acceptors (Lipinski definition) is 0. The van der Waals surface area contributed by atoms with Crippen LogP contribution in [0.1, 0.15) is 19.8 Å². The van der Waals surface area contributed by atoms with Gasteiger partial charge in [0.25, 0.3) is 0 Å². The van der Waals surface area contributed by atoms with E-state index in [4.69, 9.17) is 0 Å². The van der Waals surface area contributed by atoms with Crippen LogP contribution in [-0.2, 0) is 0 Å². The first kappa shape index (κ1) is 10.8. The summed E-state index contributed by atoms with van der Waals surface area (Å²) in [6.45, 7) is 12.9. The van der Waals surface area contributed by atoms with Crippen molar-refractivity contribution < 1.29 is 0 Å². The first-order valence-corrected chi connectivity index (χ1v) is 7.81. The molecule has 0 fully saturated rings. The van der Waals surface area contributed by atoms with Gasteiger partial charge in [-0.1, -0.05) is 33.0 Å². The first-order chi connectivity index (χ1) is 4.95. The van der Waals surface area contributed by atoms with E-state index in [-0.39, 0.29) is 0 Å². The highest BCUT2D eigenvalue weighted by Crippen LogP contribution is 2.04. The predicted molar refractivity (Wildman–Crippen MR) is 54.9 cm³/mol. The smallest absolute Gasteiger partial charge is 0.129 e. The average Bonchev–Trinajstić information content (AvgIpc) is 1.83. The minimum Gasteiger partial charge on any atom is -0.132 e. The van der Waals surface area contributed by atoms with E-state index in [0.717, 1.165) is 6.42 Å². The molecule has 0 amide bonds. The lowest BCUT2D eigenvalue weighted by molar-refractivity contribution is 0.706. The Morgan fingerprint density at radius 3 is 2.27 bits per heavy atom. The maximum Gasteiger partial charge on any atom is 0.129 e. The second-order valence-electron chi connectivity index (χ2n) is 4.00. The van der Waals surface area contributed by atoms with Crippen LogP contribution in [0.15, 0.2) is 0 Å². The normalized spacial score (nSPS) is 13.5. The van der Waals surface area contributed by atoms with Crippen molar-refractivity contribution >= 4 is 8.07 Å². The molecule has 0 spiro atoms. The van der Waals surface area contributed by atoms with Gasteiger partial charge in [-0.2, -0.15) is 0 Å². The molecule has 1 heteroatoms. The molecule has 0 saturated carbocycles. The zero-order valence-corrected chi connectivity index (χ0v) is 9.20. The minimum absolute atomic E-state index is 0.353. The first-order valence-electron chi connectivity index (χ1n) is 4.31. The summed E-state index contributed by atoms with van der Waals surface area (Å²) in [4.78, 5) is 0. The topological polar surface area (TPSA) is 0 Å². The fourth-order valence-corrected chi connectivity index (χ4v) is 1.38. The van der Waals surface area contributed by atoms with Crippen molar-refractivity contribution in [3.63, 3.8) is 0 Å². The maximum absolute atomic E-state index is 3.98. The van der Waals surface area contributed by atoms with E-state index < -0.39 is 8.07 Å². The van der Waals surface area contributed by atoms with Crippen LogP contribution >= 0.6 is 0 Å². The molecular weight excluding hydrogens is 148 g/mol. The summed E-state index contributed by atoms with van der Waals surface area (Å²) < 4.78 is 0. The van der Waals surface area contributed by atoms with Crippen molar-refractivity contribution in [3.8, 4) is 11.5 Å². The van der Waals surface area contributed by atoms with E-state index in [1.54, 1.807) is 0 Å². The molecule has 0 saturated heterocycles. The Labute approximate surface area is 72.4 Å². The van der Waals surface area contributed by atoms with Gasteiger partial charge in [-0.05, 0) is 13.3 Å². The van der Waals surface area contributed by atoms with Gasteiger partial charge in [0, 0.05) is 5.92 Å². The summed E-state index contributed by atoms with van der Waals surface area (Å²) >= 11 is 0. The molecule has 0 heterocycles. The SMILES string of the molecule is [CH2]C(C#C[Si](C)(C)C)CCC. The molecule has 11 heavy (non-hydrogen) atoms. The third kappa shape index (κ3) is 7.68. The highest BCUT2D eigenvalue weighted by molar-refractivity contribution is 6.83. The Hall–Kier alpha value is -0.223. The van der Waals surface area contributed by atoms with Crippen LogP contribution in [0.4, 0.5) is 0 Å². The Bertz CT molecular complexity index is 154. The third-order valence-corrected chi connectivity index (χ3v) is 2.18. The molecule has 63 valence electrons. The van der Waals surface area contributed by atoms with Crippen molar-refractivity contribution in [1.29, 1.82) is 0 Å². The largest absolute Gasteiger partial charge is 0.132 e. The summed E-state index contributed by atoms with van der Waals surface area (Å²) in [5.41, 5.74) is 3.33. The maximum atomic E-state index is 3.98. The van der Waals surface area contributed by atoms with Crippen LogP contribution < -0.4 is 0 Å². The lowest BCUT2D eigenvalue weighted by atomic mass is 10.1. The van der Waals surface area contributed by atoms with Gasteiger partial charge in [-0.3, -0.25) is 0 Å². The van der Waals surface area contributed by atoms with Crippen molar-refractivity contribution in [1.82, 2.24) is 0 Å². The molecule has 1 atom stereocenters. The van der Waals surface area contributed by atoms with Gasteiger partial charge in [-0.25, -0.2) is 0 Å². The van der Waals surface area contributed by atoms with E-state index in [9.17, 15) is 0 Å². The Morgan fingerprint density at radius 2 is 1.91 bits per heavy atom. The van der Waals surface area contributed by atoms with E-state index in [1.165, 1.54) is 6.42 Å². The van der Waals surface area contributed by atoms with Gasteiger partial charge < -0.3 is 0 Å². The van der Waals surface area contributed by atoms with Gasteiger partial charge in [0.1, 0.15) is 8.07 Å². The second kappa shape index (κ2) is 4.61. The van der Waals surface area contributed by atoms with Gasteiger partial charge in [0.15, 0.2) is 0 Å². The lowest BCUT2D eigenvalue weighted by Gasteiger charge is -2.05. The summed E-state index contributed by atoms with van der Waals surface area (Å²) in [6, 6.07) is 0. The minimum atomic E-state index is -1.15. The molecule has 0 N–H and O–H groups in total. The summed E-state index contributed by atoms with van der Waals surface area (Å²) in [6.07, 6.45) is 2.33. The fourth-order valence-electron chi connectivity index (χ4n) is 0.739. The average molecular weight is 167 g/mol.